The van der Waals surface area contributed by atoms with Gasteiger partial charge in [0.2, 0.25) is 5.91 Å². The average Bonchev–Trinajstić information content (AvgIpc) is 1.85. The number of aliphatic hydroxyl groups excluding tert-OH is 2. The smallest absolute Gasteiger partial charge is 0.224 e. The summed E-state index contributed by atoms with van der Waals surface area (Å²) in [6, 6.07) is 0. The second-order valence-electron chi connectivity index (χ2n) is 1.78. The normalized spacial score (nSPS) is 37.5. The number of carbonyl (C=O) groups is 1. The van der Waals surface area contributed by atoms with Crippen molar-refractivity contribution in [3.63, 3.8) is 0 Å². The molecular weight excluding hydrogens is 110 g/mol. The zero-order chi connectivity index (χ0) is 6.15. The molecule has 3 N–H and O–H groups in total. The summed E-state index contributed by atoms with van der Waals surface area (Å²) in [7, 11) is 0. The molecule has 2 atom stereocenters. The van der Waals surface area contributed by atoms with Gasteiger partial charge < -0.3 is 15.5 Å². The SMILES string of the molecule is O=C1CC(O)C(O)N1. The monoisotopic (exact) mass is 117 g/mol. The highest BCUT2D eigenvalue weighted by molar-refractivity contribution is 5.79. The molecule has 0 saturated carbocycles. The molecular formula is C4H7NO3. The Morgan fingerprint density at radius 3 is 2.38 bits per heavy atom. The molecule has 1 rings (SSSR count). The Hall–Kier alpha value is -0.610. The van der Waals surface area contributed by atoms with E-state index in [1.54, 1.807) is 0 Å². The van der Waals surface area contributed by atoms with Crippen LogP contribution in [0.2, 0.25) is 0 Å². The third-order valence-corrected chi connectivity index (χ3v) is 1.07. The Morgan fingerprint density at radius 2 is 2.25 bits per heavy atom. The Balaban J connectivity index is 2.51. The lowest BCUT2D eigenvalue weighted by Crippen LogP contribution is -2.30. The van der Waals surface area contributed by atoms with E-state index < -0.39 is 12.3 Å². The lowest BCUT2D eigenvalue weighted by molar-refractivity contribution is -0.120. The summed E-state index contributed by atoms with van der Waals surface area (Å²) in [4.78, 5) is 10.2. The molecule has 1 saturated heterocycles. The first-order valence-electron chi connectivity index (χ1n) is 2.35. The largest absolute Gasteiger partial charge is 0.388 e. The molecule has 4 nitrogen and oxygen atoms in total. The fourth-order valence-corrected chi connectivity index (χ4v) is 0.622. The summed E-state index contributed by atoms with van der Waals surface area (Å²) in [6.07, 6.45) is -1.95. The fourth-order valence-electron chi connectivity index (χ4n) is 0.622. The van der Waals surface area contributed by atoms with Crippen LogP contribution in [0.15, 0.2) is 0 Å². The number of hydrogen-bond acceptors (Lipinski definition) is 3. The molecule has 0 aliphatic carbocycles. The van der Waals surface area contributed by atoms with E-state index in [2.05, 4.69) is 5.32 Å². The van der Waals surface area contributed by atoms with Crippen LogP contribution >= 0.6 is 0 Å². The molecule has 1 fully saturated rings. The molecule has 1 aliphatic rings. The van der Waals surface area contributed by atoms with Gasteiger partial charge in [0.1, 0.15) is 6.10 Å². The van der Waals surface area contributed by atoms with E-state index in [0.29, 0.717) is 0 Å². The third kappa shape index (κ3) is 0.801. The minimum absolute atomic E-state index is 0.0150. The molecule has 0 aromatic rings. The van der Waals surface area contributed by atoms with Gasteiger partial charge in [-0.2, -0.15) is 0 Å². The molecule has 1 heterocycles. The minimum Gasteiger partial charge on any atom is -0.388 e. The van der Waals surface area contributed by atoms with Crippen molar-refractivity contribution in [2.75, 3.05) is 0 Å². The Morgan fingerprint density at radius 1 is 1.62 bits per heavy atom. The first kappa shape index (κ1) is 5.53. The Labute approximate surface area is 46.1 Å². The highest BCUT2D eigenvalue weighted by Crippen LogP contribution is 2.03. The maximum absolute atomic E-state index is 10.2. The van der Waals surface area contributed by atoms with E-state index in [4.69, 9.17) is 10.2 Å². The van der Waals surface area contributed by atoms with E-state index in [1.807, 2.05) is 0 Å². The van der Waals surface area contributed by atoms with Gasteiger partial charge in [-0.05, 0) is 0 Å². The van der Waals surface area contributed by atoms with Crippen LogP contribution in [0.4, 0.5) is 0 Å². The second kappa shape index (κ2) is 1.72. The van der Waals surface area contributed by atoms with Crippen LogP contribution in [0.25, 0.3) is 0 Å². The van der Waals surface area contributed by atoms with Crippen LogP contribution in [-0.4, -0.2) is 28.5 Å². The lowest BCUT2D eigenvalue weighted by Gasteiger charge is -2.02. The quantitative estimate of drug-likeness (QED) is 0.350. The Kier molecular flexibility index (Phi) is 1.19. The molecule has 0 aromatic heterocycles. The molecule has 2 unspecified atom stereocenters. The van der Waals surface area contributed by atoms with Gasteiger partial charge in [0.05, 0.1) is 6.42 Å². The van der Waals surface area contributed by atoms with Crippen molar-refractivity contribution in [1.29, 1.82) is 0 Å². The van der Waals surface area contributed by atoms with E-state index in [0.717, 1.165) is 0 Å². The van der Waals surface area contributed by atoms with Crippen LogP contribution in [-0.2, 0) is 4.79 Å². The summed E-state index contributed by atoms with van der Waals surface area (Å²) < 4.78 is 0. The standard InChI is InChI=1S/C4H7NO3/c6-2-1-3(7)5-4(2)8/h2,4,6,8H,1H2,(H,5,7). The Bertz CT molecular complexity index is 102. The van der Waals surface area contributed by atoms with Crippen LogP contribution in [0.3, 0.4) is 0 Å². The summed E-state index contributed by atoms with van der Waals surface area (Å²) in [5.74, 6) is -0.301. The van der Waals surface area contributed by atoms with E-state index in [9.17, 15) is 4.79 Å². The summed E-state index contributed by atoms with van der Waals surface area (Å²) in [5.41, 5.74) is 0. The number of nitrogens with one attached hydrogen (secondary N) is 1. The van der Waals surface area contributed by atoms with E-state index in [-0.39, 0.29) is 12.3 Å². The van der Waals surface area contributed by atoms with Gasteiger partial charge in [-0.1, -0.05) is 0 Å². The van der Waals surface area contributed by atoms with Gasteiger partial charge in [-0.3, -0.25) is 4.79 Å². The predicted octanol–water partition coefficient (Wildman–Crippen LogP) is -1.81. The van der Waals surface area contributed by atoms with Crippen LogP contribution < -0.4 is 5.32 Å². The zero-order valence-corrected chi connectivity index (χ0v) is 4.16. The fraction of sp³-hybridized carbons (Fsp3) is 0.750. The molecule has 4 heteroatoms. The predicted molar refractivity (Wildman–Crippen MR) is 24.8 cm³/mol. The van der Waals surface area contributed by atoms with Crippen LogP contribution in [0, 0.1) is 0 Å². The lowest BCUT2D eigenvalue weighted by atomic mass is 10.3. The molecule has 1 aliphatic heterocycles. The number of amides is 1. The first-order valence-corrected chi connectivity index (χ1v) is 2.35. The van der Waals surface area contributed by atoms with Gasteiger partial charge >= 0.3 is 0 Å². The summed E-state index contributed by atoms with van der Waals surface area (Å²) >= 11 is 0. The maximum Gasteiger partial charge on any atom is 0.224 e. The molecule has 1 amide bonds. The summed E-state index contributed by atoms with van der Waals surface area (Å²) in [6.45, 7) is 0. The van der Waals surface area contributed by atoms with Crippen molar-refractivity contribution in [1.82, 2.24) is 5.32 Å². The summed E-state index contributed by atoms with van der Waals surface area (Å²) in [5, 5.41) is 19.4. The highest BCUT2D eigenvalue weighted by atomic mass is 16.3. The van der Waals surface area contributed by atoms with Crippen LogP contribution in [0.5, 0.6) is 0 Å². The second-order valence-corrected chi connectivity index (χ2v) is 1.78. The van der Waals surface area contributed by atoms with E-state index in [1.165, 1.54) is 0 Å². The topological polar surface area (TPSA) is 69.6 Å². The van der Waals surface area contributed by atoms with Crippen molar-refractivity contribution in [2.45, 2.75) is 18.8 Å². The number of aliphatic hydroxyl groups is 2. The van der Waals surface area contributed by atoms with Gasteiger partial charge in [0.15, 0.2) is 6.23 Å². The minimum atomic E-state index is -1.05. The van der Waals surface area contributed by atoms with Crippen molar-refractivity contribution < 1.29 is 15.0 Å². The van der Waals surface area contributed by atoms with Gasteiger partial charge in [-0.15, -0.1) is 0 Å². The molecule has 0 aromatic carbocycles. The first-order chi connectivity index (χ1) is 3.70. The third-order valence-electron chi connectivity index (χ3n) is 1.07. The van der Waals surface area contributed by atoms with Crippen LogP contribution in [0.1, 0.15) is 6.42 Å². The number of hydrogen-bond donors (Lipinski definition) is 3. The molecule has 46 valence electrons. The molecule has 8 heavy (non-hydrogen) atoms. The zero-order valence-electron chi connectivity index (χ0n) is 4.16. The van der Waals surface area contributed by atoms with Gasteiger partial charge in [0.25, 0.3) is 0 Å². The molecule has 0 bridgehead atoms. The van der Waals surface area contributed by atoms with E-state index >= 15 is 0 Å². The number of carbonyl (C=O) groups excluding carboxylic acids is 1. The molecule has 0 spiro atoms. The average molecular weight is 117 g/mol. The van der Waals surface area contributed by atoms with Crippen molar-refractivity contribution >= 4 is 5.91 Å². The van der Waals surface area contributed by atoms with Crippen molar-refractivity contribution in [3.05, 3.63) is 0 Å². The number of rotatable bonds is 0. The maximum atomic E-state index is 10.2. The van der Waals surface area contributed by atoms with Crippen molar-refractivity contribution in [2.24, 2.45) is 0 Å². The van der Waals surface area contributed by atoms with Crippen molar-refractivity contribution in [3.8, 4) is 0 Å². The van der Waals surface area contributed by atoms with Gasteiger partial charge in [-0.25, -0.2) is 0 Å². The molecule has 0 radical (unpaired) electrons. The van der Waals surface area contributed by atoms with Gasteiger partial charge in [0, 0.05) is 0 Å². The highest BCUT2D eigenvalue weighted by Gasteiger charge is 2.27.